The Balaban J connectivity index is 4.55. The normalized spacial score (nSPS) is 13.2. The van der Waals surface area contributed by atoms with Gasteiger partial charge in [-0.15, -0.1) is 0 Å². The first kappa shape index (κ1) is 22.5. The molecular weight excluding hydrogens is 310 g/mol. The van der Waals surface area contributed by atoms with Crippen molar-refractivity contribution < 1.29 is 14.4 Å². The Bertz CT molecular complexity index is 390. The minimum Gasteiger partial charge on any atom is -0.358 e. The van der Waals surface area contributed by atoms with Gasteiger partial charge in [-0.2, -0.15) is 0 Å². The second-order valence-electron chi connectivity index (χ2n) is 5.84. The number of nitrogens with two attached hydrogens (primary N) is 2. The average Bonchev–Trinajstić information content (AvgIpc) is 2.55. The summed E-state index contributed by atoms with van der Waals surface area (Å²) in [6.45, 7) is 2.55. The van der Waals surface area contributed by atoms with E-state index >= 15 is 0 Å². The van der Waals surface area contributed by atoms with E-state index in [-0.39, 0.29) is 24.1 Å². The van der Waals surface area contributed by atoms with E-state index in [4.69, 9.17) is 11.5 Å². The van der Waals surface area contributed by atoms with Gasteiger partial charge in [-0.05, 0) is 45.2 Å². The summed E-state index contributed by atoms with van der Waals surface area (Å²) in [4.78, 5) is 35.5. The Morgan fingerprint density at radius 2 is 1.46 bits per heavy atom. The molecule has 0 bridgehead atoms. The number of carbonyl (C=O) groups is 3. The highest BCUT2D eigenvalue weighted by Crippen LogP contribution is 2.04. The molecule has 0 rings (SSSR count). The van der Waals surface area contributed by atoms with E-state index in [1.165, 1.54) is 6.92 Å². The molecule has 0 spiro atoms. The molecule has 0 aromatic rings. The number of nitrogens with one attached hydrogen (secondary N) is 3. The molecule has 24 heavy (non-hydrogen) atoms. The molecule has 0 radical (unpaired) electrons. The third-order valence-corrected chi connectivity index (χ3v) is 3.75. The van der Waals surface area contributed by atoms with Crippen LogP contribution in [0.2, 0.25) is 0 Å². The van der Waals surface area contributed by atoms with Crippen molar-refractivity contribution in [1.82, 2.24) is 16.0 Å². The number of rotatable bonds is 14. The fraction of sp³-hybridized carbons (Fsp3) is 0.812. The van der Waals surface area contributed by atoms with Gasteiger partial charge in [-0.25, -0.2) is 0 Å². The van der Waals surface area contributed by atoms with E-state index < -0.39 is 12.1 Å². The van der Waals surface area contributed by atoms with E-state index in [0.29, 0.717) is 25.9 Å². The van der Waals surface area contributed by atoms with Crippen LogP contribution in [-0.4, -0.2) is 56.4 Å². The molecule has 8 nitrogen and oxygen atoms in total. The summed E-state index contributed by atoms with van der Waals surface area (Å²) in [5.41, 5.74) is 10.9. The van der Waals surface area contributed by atoms with Gasteiger partial charge >= 0.3 is 0 Å². The molecule has 0 fully saturated rings. The van der Waals surface area contributed by atoms with Gasteiger partial charge in [0.25, 0.3) is 0 Å². The maximum Gasteiger partial charge on any atom is 0.236 e. The van der Waals surface area contributed by atoms with E-state index in [1.54, 1.807) is 7.05 Å². The summed E-state index contributed by atoms with van der Waals surface area (Å²) in [7, 11) is 1.56. The molecular formula is C16H33N5O3. The van der Waals surface area contributed by atoms with E-state index in [1.807, 2.05) is 0 Å². The van der Waals surface area contributed by atoms with Crippen LogP contribution in [0.25, 0.3) is 0 Å². The second-order valence-corrected chi connectivity index (χ2v) is 5.84. The molecule has 0 aromatic carbocycles. The van der Waals surface area contributed by atoms with Crippen molar-refractivity contribution in [3.05, 3.63) is 0 Å². The predicted molar refractivity (Wildman–Crippen MR) is 94.3 cm³/mol. The van der Waals surface area contributed by atoms with Gasteiger partial charge in [-0.1, -0.05) is 6.42 Å². The summed E-state index contributed by atoms with van der Waals surface area (Å²) in [6.07, 6.45) is 4.37. The van der Waals surface area contributed by atoms with Gasteiger partial charge in [0.2, 0.25) is 11.8 Å². The van der Waals surface area contributed by atoms with Crippen molar-refractivity contribution in [2.45, 2.75) is 57.5 Å². The van der Waals surface area contributed by atoms with Crippen molar-refractivity contribution >= 4 is 17.6 Å². The third-order valence-electron chi connectivity index (χ3n) is 3.75. The molecule has 140 valence electrons. The van der Waals surface area contributed by atoms with Crippen LogP contribution < -0.4 is 27.4 Å². The largest absolute Gasteiger partial charge is 0.358 e. The lowest BCUT2D eigenvalue weighted by Crippen LogP contribution is -2.49. The van der Waals surface area contributed by atoms with Gasteiger partial charge < -0.3 is 22.1 Å². The van der Waals surface area contributed by atoms with Crippen molar-refractivity contribution in [3.8, 4) is 0 Å². The monoisotopic (exact) mass is 343 g/mol. The zero-order chi connectivity index (χ0) is 18.4. The lowest BCUT2D eigenvalue weighted by Gasteiger charge is -2.20. The average molecular weight is 343 g/mol. The molecule has 0 heterocycles. The van der Waals surface area contributed by atoms with Crippen LogP contribution in [0.4, 0.5) is 0 Å². The Morgan fingerprint density at radius 3 is 1.92 bits per heavy atom. The lowest BCUT2D eigenvalue weighted by atomic mass is 10.0. The molecule has 2 amide bonds. The highest BCUT2D eigenvalue weighted by molar-refractivity contribution is 5.90. The van der Waals surface area contributed by atoms with Gasteiger partial charge in [0.15, 0.2) is 5.78 Å². The summed E-state index contributed by atoms with van der Waals surface area (Å²) < 4.78 is 0. The van der Waals surface area contributed by atoms with Crippen LogP contribution >= 0.6 is 0 Å². The number of hydrogen-bond acceptors (Lipinski definition) is 6. The van der Waals surface area contributed by atoms with Crippen LogP contribution in [0.5, 0.6) is 0 Å². The molecule has 0 aliphatic carbocycles. The lowest BCUT2D eigenvalue weighted by molar-refractivity contribution is -0.127. The first-order chi connectivity index (χ1) is 11.5. The number of Topliss-reactive ketones (excluding diaryl/α,β-unsaturated/α-hetero) is 1. The molecule has 0 aliphatic rings. The van der Waals surface area contributed by atoms with E-state index in [0.717, 1.165) is 25.7 Å². The van der Waals surface area contributed by atoms with Crippen LogP contribution in [0, 0.1) is 0 Å². The highest BCUT2D eigenvalue weighted by Gasteiger charge is 2.22. The fourth-order valence-corrected chi connectivity index (χ4v) is 2.39. The number of amides is 2. The van der Waals surface area contributed by atoms with Crippen LogP contribution in [-0.2, 0) is 14.4 Å². The van der Waals surface area contributed by atoms with Crippen LogP contribution in [0.1, 0.15) is 45.4 Å². The highest BCUT2D eigenvalue weighted by atomic mass is 16.2. The topological polar surface area (TPSA) is 139 Å². The quantitative estimate of drug-likeness (QED) is 0.257. The summed E-state index contributed by atoms with van der Waals surface area (Å²) in [6, 6.07) is -0.983. The first-order valence-corrected chi connectivity index (χ1v) is 8.61. The van der Waals surface area contributed by atoms with Crippen molar-refractivity contribution in [2.24, 2.45) is 11.5 Å². The van der Waals surface area contributed by atoms with Crippen molar-refractivity contribution in [1.29, 1.82) is 0 Å². The Kier molecular flexibility index (Phi) is 13.0. The Morgan fingerprint density at radius 1 is 0.917 bits per heavy atom. The molecule has 0 aliphatic heterocycles. The molecule has 7 N–H and O–H groups in total. The zero-order valence-electron chi connectivity index (χ0n) is 14.9. The number of likely N-dealkylation sites (N-methyl/N-ethyl adjacent to an activating group) is 1. The molecule has 8 heteroatoms. The standard InChI is InChI=1S/C16H33N5O3/c1-12(22)21-13(7-3-5-9-17)15(23)11-20-14(16(24)19-2)8-4-6-10-18/h13-14,20H,3-11,17-18H2,1-2H3,(H,19,24)(H,21,22)/t13-,14-/m0/s1. The predicted octanol–water partition coefficient (Wildman–Crippen LogP) is -0.978. The minimum atomic E-state index is -0.545. The molecule has 0 saturated heterocycles. The summed E-state index contributed by atoms with van der Waals surface area (Å²) in [5, 5.41) is 8.26. The molecule has 0 aromatic heterocycles. The van der Waals surface area contributed by atoms with Crippen LogP contribution in [0.3, 0.4) is 0 Å². The first-order valence-electron chi connectivity index (χ1n) is 8.61. The molecule has 2 atom stereocenters. The second kappa shape index (κ2) is 13.9. The summed E-state index contributed by atoms with van der Waals surface area (Å²) in [5.74, 6) is -0.527. The van der Waals surface area contributed by atoms with E-state index in [2.05, 4.69) is 16.0 Å². The van der Waals surface area contributed by atoms with Crippen molar-refractivity contribution in [3.63, 3.8) is 0 Å². The minimum absolute atomic E-state index is 0.0360. The smallest absolute Gasteiger partial charge is 0.236 e. The fourth-order valence-electron chi connectivity index (χ4n) is 2.39. The summed E-state index contributed by atoms with van der Waals surface area (Å²) >= 11 is 0. The van der Waals surface area contributed by atoms with E-state index in [9.17, 15) is 14.4 Å². The number of unbranched alkanes of at least 4 members (excludes halogenated alkanes) is 2. The number of ketones is 1. The SMILES string of the molecule is CNC(=O)[C@H](CCCCN)NCC(=O)[C@H](CCCCN)NC(C)=O. The Hall–Kier alpha value is -1.51. The Labute approximate surface area is 144 Å². The van der Waals surface area contributed by atoms with Gasteiger partial charge in [0.1, 0.15) is 0 Å². The van der Waals surface area contributed by atoms with Gasteiger partial charge in [0, 0.05) is 14.0 Å². The maximum absolute atomic E-state index is 12.4. The molecule has 0 saturated carbocycles. The zero-order valence-corrected chi connectivity index (χ0v) is 14.9. The third kappa shape index (κ3) is 10.3. The van der Waals surface area contributed by atoms with Gasteiger partial charge in [0.05, 0.1) is 18.6 Å². The van der Waals surface area contributed by atoms with Crippen LogP contribution in [0.15, 0.2) is 0 Å². The van der Waals surface area contributed by atoms with Gasteiger partial charge in [-0.3, -0.25) is 19.7 Å². The maximum atomic E-state index is 12.4. The molecule has 0 unspecified atom stereocenters. The van der Waals surface area contributed by atoms with Crippen molar-refractivity contribution in [2.75, 3.05) is 26.7 Å². The number of carbonyl (C=O) groups excluding carboxylic acids is 3. The number of hydrogen-bond donors (Lipinski definition) is 5.